The lowest BCUT2D eigenvalue weighted by atomic mass is 9.99. The monoisotopic (exact) mass is 512 g/mol. The average molecular weight is 513 g/mol. The van der Waals surface area contributed by atoms with Gasteiger partial charge in [-0.1, -0.05) is 24.3 Å². The van der Waals surface area contributed by atoms with Crippen molar-refractivity contribution in [1.29, 1.82) is 0 Å². The van der Waals surface area contributed by atoms with Crippen molar-refractivity contribution < 1.29 is 23.5 Å². The van der Waals surface area contributed by atoms with Crippen molar-refractivity contribution in [2.45, 2.75) is 76.4 Å². The number of anilines is 1. The molecule has 2 fully saturated rings. The van der Waals surface area contributed by atoms with E-state index in [0.29, 0.717) is 29.8 Å². The maximum absolute atomic E-state index is 15.1. The lowest BCUT2D eigenvalue weighted by Crippen LogP contribution is -2.56. The predicted molar refractivity (Wildman–Crippen MR) is 136 cm³/mol. The van der Waals surface area contributed by atoms with E-state index in [4.69, 9.17) is 0 Å². The highest BCUT2D eigenvalue weighted by Gasteiger charge is 2.41. The van der Waals surface area contributed by atoms with Crippen LogP contribution in [-0.2, 0) is 23.8 Å². The number of aliphatic hydroxyl groups excluding tert-OH is 1. The molecule has 7 nitrogen and oxygen atoms in total. The van der Waals surface area contributed by atoms with E-state index in [9.17, 15) is 14.7 Å². The number of carbonyl (C=O) groups is 2. The number of carbonyl (C=O) groups excluding carboxylic acids is 2. The molecule has 2 amide bonds. The molecule has 37 heavy (non-hydrogen) atoms. The second-order valence-electron chi connectivity index (χ2n) is 10.4. The van der Waals surface area contributed by atoms with Gasteiger partial charge in [-0.05, 0) is 68.4 Å². The Morgan fingerprint density at radius 3 is 2.68 bits per heavy atom. The van der Waals surface area contributed by atoms with E-state index < -0.39 is 18.1 Å². The quantitative estimate of drug-likeness (QED) is 0.552. The number of nitrogens with one attached hydrogen (secondary N) is 2. The van der Waals surface area contributed by atoms with Crippen LogP contribution in [0.15, 0.2) is 42.5 Å². The lowest BCUT2D eigenvalue weighted by molar-refractivity contribution is -0.147. The van der Waals surface area contributed by atoms with Crippen LogP contribution in [0.1, 0.15) is 66.1 Å². The highest BCUT2D eigenvalue weighted by molar-refractivity contribution is 5.98. The van der Waals surface area contributed by atoms with Crippen LogP contribution < -0.4 is 15.5 Å². The molecule has 2 aromatic carbocycles. The summed E-state index contributed by atoms with van der Waals surface area (Å²) in [5, 5.41) is 15.9. The van der Waals surface area contributed by atoms with Crippen LogP contribution >= 0.6 is 0 Å². The van der Waals surface area contributed by atoms with Crippen molar-refractivity contribution >= 4 is 17.5 Å². The van der Waals surface area contributed by atoms with E-state index in [2.05, 4.69) is 15.5 Å². The Hall–Kier alpha value is -3.04. The minimum atomic E-state index is -3.67. The highest BCUT2D eigenvalue weighted by atomic mass is 19.3. The van der Waals surface area contributed by atoms with E-state index in [1.54, 1.807) is 35.2 Å². The third-order valence-corrected chi connectivity index (χ3v) is 7.79. The predicted octanol–water partition coefficient (Wildman–Crippen LogP) is 3.50. The van der Waals surface area contributed by atoms with Gasteiger partial charge in [-0.15, -0.1) is 0 Å². The van der Waals surface area contributed by atoms with Crippen molar-refractivity contribution in [1.82, 2.24) is 15.5 Å². The van der Waals surface area contributed by atoms with Crippen LogP contribution in [0.2, 0.25) is 0 Å². The first kappa shape index (κ1) is 25.6. The Balaban J connectivity index is 1.23. The molecule has 3 aliphatic rings. The second-order valence-corrected chi connectivity index (χ2v) is 10.4. The molecular weight excluding hydrogens is 478 g/mol. The van der Waals surface area contributed by atoms with Gasteiger partial charge in [0.1, 0.15) is 6.23 Å². The largest absolute Gasteiger partial charge is 0.376 e. The molecule has 3 unspecified atom stereocenters. The number of rotatable bonds is 6. The number of fused-ring (bicyclic) bond motifs is 1. The Bertz CT molecular complexity index is 1170. The van der Waals surface area contributed by atoms with Crippen LogP contribution in [0.3, 0.4) is 0 Å². The molecule has 0 radical (unpaired) electrons. The van der Waals surface area contributed by atoms with Crippen LogP contribution in [0, 0.1) is 0 Å². The van der Waals surface area contributed by atoms with Crippen LogP contribution in [0.25, 0.3) is 0 Å². The first-order valence-corrected chi connectivity index (χ1v) is 13.1. The zero-order valence-corrected chi connectivity index (χ0v) is 21.1. The smallest absolute Gasteiger partial charge is 0.349 e. The summed E-state index contributed by atoms with van der Waals surface area (Å²) in [7, 11) is 0. The Labute approximate surface area is 215 Å². The second kappa shape index (κ2) is 10.4. The molecule has 198 valence electrons. The number of amides is 2. The molecule has 2 saturated heterocycles. The van der Waals surface area contributed by atoms with Gasteiger partial charge >= 0.3 is 5.92 Å². The SMILES string of the molecule is CC1CCC(N2Cc3cc(CNC(=O)C(F)(F)c4cccc(N5CCCCC5)c4)ccc3C2=O)C(O)N1. The molecule has 3 atom stereocenters. The summed E-state index contributed by atoms with van der Waals surface area (Å²) in [6.07, 6.45) is 3.96. The molecule has 0 bridgehead atoms. The van der Waals surface area contributed by atoms with E-state index in [1.165, 1.54) is 12.1 Å². The Morgan fingerprint density at radius 2 is 1.92 bits per heavy atom. The van der Waals surface area contributed by atoms with Gasteiger partial charge in [0.05, 0.1) is 6.04 Å². The first-order valence-electron chi connectivity index (χ1n) is 13.1. The Morgan fingerprint density at radius 1 is 1.14 bits per heavy atom. The lowest BCUT2D eigenvalue weighted by Gasteiger charge is -2.38. The molecule has 0 aliphatic carbocycles. The van der Waals surface area contributed by atoms with Gasteiger partial charge in [0.15, 0.2) is 0 Å². The number of hydrogen-bond acceptors (Lipinski definition) is 5. The van der Waals surface area contributed by atoms with Gasteiger partial charge in [-0.2, -0.15) is 8.78 Å². The summed E-state index contributed by atoms with van der Waals surface area (Å²) in [6.45, 7) is 3.92. The van der Waals surface area contributed by atoms with Gasteiger partial charge in [-0.25, -0.2) is 0 Å². The van der Waals surface area contributed by atoms with E-state index in [1.807, 2.05) is 6.92 Å². The van der Waals surface area contributed by atoms with E-state index >= 15 is 8.78 Å². The third kappa shape index (κ3) is 5.20. The number of piperidine rings is 2. The van der Waals surface area contributed by atoms with Crippen LogP contribution in [-0.4, -0.2) is 53.2 Å². The fourth-order valence-electron chi connectivity index (χ4n) is 5.64. The number of aliphatic hydroxyl groups is 1. The normalized spacial score (nSPS) is 24.2. The molecule has 2 aromatic rings. The fourth-order valence-corrected chi connectivity index (χ4v) is 5.64. The number of halogens is 2. The Kier molecular flexibility index (Phi) is 7.18. The van der Waals surface area contributed by atoms with Crippen molar-refractivity contribution in [3.63, 3.8) is 0 Å². The number of benzene rings is 2. The number of alkyl halides is 2. The summed E-state index contributed by atoms with van der Waals surface area (Å²) in [5.74, 6) is -5.17. The molecule has 3 aliphatic heterocycles. The van der Waals surface area contributed by atoms with Gasteiger partial charge in [0.2, 0.25) is 0 Å². The maximum Gasteiger partial charge on any atom is 0.349 e. The van der Waals surface area contributed by atoms with E-state index in [0.717, 1.165) is 44.3 Å². The fraction of sp³-hybridized carbons (Fsp3) is 0.500. The zero-order valence-electron chi connectivity index (χ0n) is 21.1. The molecular formula is C28H34F2N4O3. The molecule has 5 rings (SSSR count). The van der Waals surface area contributed by atoms with Crippen molar-refractivity contribution in [3.05, 3.63) is 64.7 Å². The molecule has 3 N–H and O–H groups in total. The molecule has 9 heteroatoms. The summed E-state index contributed by atoms with van der Waals surface area (Å²) < 4.78 is 30.2. The molecule has 3 heterocycles. The minimum Gasteiger partial charge on any atom is -0.376 e. The first-order chi connectivity index (χ1) is 17.7. The summed E-state index contributed by atoms with van der Waals surface area (Å²) in [5.41, 5.74) is 2.34. The van der Waals surface area contributed by atoms with Crippen molar-refractivity contribution in [3.8, 4) is 0 Å². The van der Waals surface area contributed by atoms with Crippen LogP contribution in [0.4, 0.5) is 14.5 Å². The molecule has 0 aromatic heterocycles. The number of nitrogens with zero attached hydrogens (tertiary/aromatic N) is 2. The van der Waals surface area contributed by atoms with Crippen LogP contribution in [0.5, 0.6) is 0 Å². The van der Waals surface area contributed by atoms with E-state index in [-0.39, 0.29) is 30.1 Å². The minimum absolute atomic E-state index is 0.0766. The summed E-state index contributed by atoms with van der Waals surface area (Å²) in [6, 6.07) is 11.1. The van der Waals surface area contributed by atoms with Gasteiger partial charge in [0, 0.05) is 49.0 Å². The van der Waals surface area contributed by atoms with Crippen molar-refractivity contribution in [2.75, 3.05) is 18.0 Å². The maximum atomic E-state index is 15.1. The average Bonchev–Trinajstić information content (AvgIpc) is 3.23. The standard InChI is InChI=1S/C28H34F2N4O3/c1-18-8-11-24(25(35)32-18)34-17-20-14-19(9-10-23(20)26(34)36)16-31-27(37)28(29,30)21-6-5-7-22(15-21)33-12-3-2-4-13-33/h5-7,9-10,14-15,18,24-25,32,35H,2-4,8,11-13,16-17H2,1H3,(H,31,37). The zero-order chi connectivity index (χ0) is 26.2. The highest BCUT2D eigenvalue weighted by Crippen LogP contribution is 2.33. The topological polar surface area (TPSA) is 84.9 Å². The van der Waals surface area contributed by atoms with Gasteiger partial charge < -0.3 is 20.2 Å². The van der Waals surface area contributed by atoms with Crippen molar-refractivity contribution in [2.24, 2.45) is 0 Å². The molecule has 0 saturated carbocycles. The molecule has 0 spiro atoms. The number of hydrogen-bond donors (Lipinski definition) is 3. The van der Waals surface area contributed by atoms with Gasteiger partial charge in [0.25, 0.3) is 11.8 Å². The van der Waals surface area contributed by atoms with Gasteiger partial charge in [-0.3, -0.25) is 14.9 Å². The summed E-state index contributed by atoms with van der Waals surface area (Å²) >= 11 is 0. The third-order valence-electron chi connectivity index (χ3n) is 7.79. The summed E-state index contributed by atoms with van der Waals surface area (Å²) in [4.78, 5) is 29.3.